The second-order valence-corrected chi connectivity index (χ2v) is 2.16. The fourth-order valence-corrected chi connectivity index (χ4v) is 0.308. The standard InChI is InChI=1S/C6H10O.C3H8O3/c1-2-3-4-5-6-7;4-1-3(6)2-5/h2-5,7H,6H2,1H3;3-6H,1-2H2/b3-2+,5-4+;. The third-order valence-electron chi connectivity index (χ3n) is 0.967. The minimum atomic E-state index is -0.954. The first-order chi connectivity index (χ1) is 6.22. The van der Waals surface area contributed by atoms with Gasteiger partial charge in [0.05, 0.1) is 19.8 Å². The van der Waals surface area contributed by atoms with Crippen molar-refractivity contribution < 1.29 is 20.4 Å². The minimum absolute atomic E-state index is 0.129. The third kappa shape index (κ3) is 18.4. The van der Waals surface area contributed by atoms with E-state index < -0.39 is 6.10 Å². The van der Waals surface area contributed by atoms with Gasteiger partial charge >= 0.3 is 0 Å². The number of hydrogen-bond acceptors (Lipinski definition) is 4. The molecule has 0 saturated heterocycles. The van der Waals surface area contributed by atoms with Crippen molar-refractivity contribution in [1.29, 1.82) is 0 Å². The van der Waals surface area contributed by atoms with Crippen LogP contribution in [-0.2, 0) is 0 Å². The first-order valence-corrected chi connectivity index (χ1v) is 4.01. The molecule has 0 fully saturated rings. The fourth-order valence-electron chi connectivity index (χ4n) is 0.308. The second kappa shape index (κ2) is 13.9. The van der Waals surface area contributed by atoms with Crippen LogP contribution >= 0.6 is 0 Å². The van der Waals surface area contributed by atoms with E-state index >= 15 is 0 Å². The van der Waals surface area contributed by atoms with Gasteiger partial charge in [0.1, 0.15) is 6.10 Å². The molecule has 0 aromatic carbocycles. The fraction of sp³-hybridized carbons (Fsp3) is 0.556. The lowest BCUT2D eigenvalue weighted by atomic mass is 10.4. The summed E-state index contributed by atoms with van der Waals surface area (Å²) in [5, 5.41) is 32.2. The predicted octanol–water partition coefficient (Wildman–Crippen LogP) is -0.557. The zero-order valence-electron chi connectivity index (χ0n) is 7.80. The molecule has 0 aliphatic rings. The van der Waals surface area contributed by atoms with Gasteiger partial charge in [-0.3, -0.25) is 0 Å². The van der Waals surface area contributed by atoms with Crippen LogP contribution in [0.4, 0.5) is 0 Å². The topological polar surface area (TPSA) is 80.9 Å². The van der Waals surface area contributed by atoms with Gasteiger partial charge in [-0.1, -0.05) is 24.3 Å². The van der Waals surface area contributed by atoms with Crippen LogP contribution in [0, 0.1) is 0 Å². The van der Waals surface area contributed by atoms with E-state index in [9.17, 15) is 0 Å². The largest absolute Gasteiger partial charge is 0.394 e. The Morgan fingerprint density at radius 1 is 1.08 bits per heavy atom. The molecular weight excluding hydrogens is 172 g/mol. The smallest absolute Gasteiger partial charge is 0.100 e. The highest BCUT2D eigenvalue weighted by Crippen LogP contribution is 1.72. The van der Waals surface area contributed by atoms with E-state index in [1.54, 1.807) is 12.2 Å². The average Bonchev–Trinajstić information content (AvgIpc) is 2.18. The summed E-state index contributed by atoms with van der Waals surface area (Å²) < 4.78 is 0. The van der Waals surface area contributed by atoms with Crippen LogP contribution in [0.15, 0.2) is 24.3 Å². The van der Waals surface area contributed by atoms with Crippen LogP contribution in [-0.4, -0.2) is 46.4 Å². The number of rotatable bonds is 4. The molecule has 0 atom stereocenters. The summed E-state index contributed by atoms with van der Waals surface area (Å²) >= 11 is 0. The summed E-state index contributed by atoms with van der Waals surface area (Å²) in [4.78, 5) is 0. The van der Waals surface area contributed by atoms with E-state index in [0.717, 1.165) is 0 Å². The monoisotopic (exact) mass is 190 g/mol. The van der Waals surface area contributed by atoms with Crippen molar-refractivity contribution in [3.8, 4) is 0 Å². The first-order valence-electron chi connectivity index (χ1n) is 4.01. The van der Waals surface area contributed by atoms with Crippen molar-refractivity contribution in [1.82, 2.24) is 0 Å². The molecule has 0 rings (SSSR count). The highest BCUT2D eigenvalue weighted by Gasteiger charge is 1.93. The van der Waals surface area contributed by atoms with Gasteiger partial charge in [0.15, 0.2) is 0 Å². The molecular formula is C9H18O4. The Bertz CT molecular complexity index is 128. The zero-order chi connectivity index (χ0) is 10.5. The molecule has 0 bridgehead atoms. The third-order valence-corrected chi connectivity index (χ3v) is 0.967. The van der Waals surface area contributed by atoms with Gasteiger partial charge in [-0.05, 0) is 6.92 Å². The lowest BCUT2D eigenvalue weighted by Crippen LogP contribution is -2.15. The van der Waals surface area contributed by atoms with Crippen molar-refractivity contribution in [2.45, 2.75) is 13.0 Å². The van der Waals surface area contributed by atoms with Crippen LogP contribution in [0.3, 0.4) is 0 Å². The molecule has 0 aromatic heterocycles. The summed E-state index contributed by atoms with van der Waals surface area (Å²) in [6.07, 6.45) is 6.31. The van der Waals surface area contributed by atoms with E-state index in [1.165, 1.54) is 0 Å². The first kappa shape index (κ1) is 14.8. The molecule has 4 N–H and O–H groups in total. The molecule has 0 saturated carbocycles. The molecule has 4 heteroatoms. The Hall–Kier alpha value is -0.680. The molecule has 0 amide bonds. The quantitative estimate of drug-likeness (QED) is 0.448. The van der Waals surface area contributed by atoms with Crippen LogP contribution in [0.1, 0.15) is 6.92 Å². The number of aliphatic hydroxyl groups is 4. The zero-order valence-corrected chi connectivity index (χ0v) is 7.80. The van der Waals surface area contributed by atoms with Crippen LogP contribution in [0.5, 0.6) is 0 Å². The van der Waals surface area contributed by atoms with Crippen LogP contribution in [0.25, 0.3) is 0 Å². The highest BCUT2D eigenvalue weighted by molar-refractivity contribution is 5.00. The Kier molecular flexibility index (Phi) is 15.8. The van der Waals surface area contributed by atoms with Gasteiger partial charge in [0.2, 0.25) is 0 Å². The summed E-state index contributed by atoms with van der Waals surface area (Å²) in [5.74, 6) is 0. The molecule has 13 heavy (non-hydrogen) atoms. The Balaban J connectivity index is 0. The Morgan fingerprint density at radius 2 is 1.62 bits per heavy atom. The molecule has 78 valence electrons. The van der Waals surface area contributed by atoms with Gasteiger partial charge in [0, 0.05) is 0 Å². The van der Waals surface area contributed by atoms with Gasteiger partial charge < -0.3 is 20.4 Å². The van der Waals surface area contributed by atoms with Crippen molar-refractivity contribution in [3.63, 3.8) is 0 Å². The molecule has 0 spiro atoms. The van der Waals surface area contributed by atoms with Gasteiger partial charge in [-0.2, -0.15) is 0 Å². The van der Waals surface area contributed by atoms with Crippen molar-refractivity contribution in [2.75, 3.05) is 19.8 Å². The van der Waals surface area contributed by atoms with E-state index in [4.69, 9.17) is 20.4 Å². The maximum absolute atomic E-state index is 8.17. The van der Waals surface area contributed by atoms with Gasteiger partial charge in [-0.25, -0.2) is 0 Å². The lowest BCUT2D eigenvalue weighted by Gasteiger charge is -1.96. The number of allylic oxidation sites excluding steroid dienone is 3. The number of aliphatic hydroxyl groups excluding tert-OH is 4. The second-order valence-electron chi connectivity index (χ2n) is 2.16. The Labute approximate surface area is 78.5 Å². The van der Waals surface area contributed by atoms with Crippen molar-refractivity contribution >= 4 is 0 Å². The van der Waals surface area contributed by atoms with Gasteiger partial charge in [0.25, 0.3) is 0 Å². The maximum Gasteiger partial charge on any atom is 0.100 e. The molecule has 0 radical (unpaired) electrons. The van der Waals surface area contributed by atoms with Crippen molar-refractivity contribution in [3.05, 3.63) is 24.3 Å². The number of hydrogen-bond donors (Lipinski definition) is 4. The van der Waals surface area contributed by atoms with E-state index in [1.807, 2.05) is 19.1 Å². The molecule has 4 nitrogen and oxygen atoms in total. The van der Waals surface area contributed by atoms with E-state index in [-0.39, 0.29) is 19.8 Å². The highest BCUT2D eigenvalue weighted by atomic mass is 16.3. The lowest BCUT2D eigenvalue weighted by molar-refractivity contribution is 0.0450. The Morgan fingerprint density at radius 3 is 1.85 bits per heavy atom. The molecule has 0 aliphatic carbocycles. The summed E-state index contributed by atoms with van der Waals surface area (Å²) in [6, 6.07) is 0. The van der Waals surface area contributed by atoms with E-state index in [0.29, 0.717) is 0 Å². The maximum atomic E-state index is 8.17. The molecule has 0 unspecified atom stereocenters. The SMILES string of the molecule is C/C=C/C=C/CO.OCC(O)CO. The minimum Gasteiger partial charge on any atom is -0.394 e. The predicted molar refractivity (Wildman–Crippen MR) is 51.2 cm³/mol. The normalized spacial score (nSPS) is 10.9. The van der Waals surface area contributed by atoms with Crippen molar-refractivity contribution in [2.24, 2.45) is 0 Å². The molecule has 0 aromatic rings. The van der Waals surface area contributed by atoms with Crippen LogP contribution in [0.2, 0.25) is 0 Å². The summed E-state index contributed by atoms with van der Waals surface area (Å²) in [5.41, 5.74) is 0. The summed E-state index contributed by atoms with van der Waals surface area (Å²) in [6.45, 7) is 1.33. The average molecular weight is 190 g/mol. The van der Waals surface area contributed by atoms with E-state index in [2.05, 4.69) is 0 Å². The van der Waals surface area contributed by atoms with Crippen LogP contribution < -0.4 is 0 Å². The summed E-state index contributed by atoms with van der Waals surface area (Å²) in [7, 11) is 0. The molecule has 0 aliphatic heterocycles. The molecule has 0 heterocycles. The van der Waals surface area contributed by atoms with Gasteiger partial charge in [-0.15, -0.1) is 0 Å².